The number of benzene rings is 2. The third-order valence-electron chi connectivity index (χ3n) is 4.57. The Balaban J connectivity index is 0.00000312. The number of rotatable bonds is 9. The normalized spacial score (nSPS) is 11.5. The molecule has 2 rings (SSSR count). The molecule has 0 saturated carbocycles. The van der Waals surface area contributed by atoms with E-state index in [0.717, 1.165) is 30.0 Å². The summed E-state index contributed by atoms with van der Waals surface area (Å²) in [6.07, 6.45) is 9.17. The summed E-state index contributed by atoms with van der Waals surface area (Å²) in [4.78, 5) is -0.145. The van der Waals surface area contributed by atoms with Crippen LogP contribution in [-0.2, 0) is 23.0 Å². The van der Waals surface area contributed by atoms with Gasteiger partial charge in [-0.05, 0) is 59.7 Å². The Kier molecular flexibility index (Phi) is 9.68. The quantitative estimate of drug-likeness (QED) is 0.386. The van der Waals surface area contributed by atoms with Crippen molar-refractivity contribution in [3.05, 3.63) is 41.5 Å². The fourth-order valence-corrected chi connectivity index (χ4v) is 3.73. The van der Waals surface area contributed by atoms with Crippen molar-refractivity contribution in [1.82, 2.24) is 0 Å². The summed E-state index contributed by atoms with van der Waals surface area (Å²) in [5.74, 6) is 0. The van der Waals surface area contributed by atoms with E-state index in [0.29, 0.717) is 0 Å². The molecule has 2 aromatic rings. The van der Waals surface area contributed by atoms with Crippen LogP contribution in [-0.4, -0.2) is 13.0 Å². The van der Waals surface area contributed by atoms with Crippen LogP contribution in [0.25, 0.3) is 10.8 Å². The van der Waals surface area contributed by atoms with Gasteiger partial charge in [0.1, 0.15) is 10.1 Å². The van der Waals surface area contributed by atoms with Crippen LogP contribution in [0.4, 0.5) is 0 Å². The molecule has 0 N–H and O–H groups in total. The molecule has 0 heterocycles. The van der Waals surface area contributed by atoms with Gasteiger partial charge in [-0.1, -0.05) is 57.7 Å². The molecule has 2 aromatic carbocycles. The van der Waals surface area contributed by atoms with Crippen LogP contribution in [0.3, 0.4) is 0 Å². The molecule has 0 fully saturated rings. The maximum atomic E-state index is 11.3. The molecule has 3 nitrogen and oxygen atoms in total. The molecule has 0 spiro atoms. The Morgan fingerprint density at radius 2 is 1.52 bits per heavy atom. The van der Waals surface area contributed by atoms with Crippen molar-refractivity contribution < 1.29 is 42.5 Å². The van der Waals surface area contributed by atoms with Gasteiger partial charge < -0.3 is 4.55 Å². The molecule has 0 aliphatic rings. The number of hydrogen-bond acceptors (Lipinski definition) is 3. The Bertz CT molecular complexity index is 785. The van der Waals surface area contributed by atoms with E-state index in [-0.39, 0.29) is 34.5 Å². The second-order valence-corrected chi connectivity index (χ2v) is 7.83. The van der Waals surface area contributed by atoms with Gasteiger partial charge in [-0.2, -0.15) is 0 Å². The summed E-state index contributed by atoms with van der Waals surface area (Å²) < 4.78 is 33.8. The zero-order chi connectivity index (χ0) is 17.6. The zero-order valence-corrected chi connectivity index (χ0v) is 18.5. The Labute approximate surface area is 174 Å². The van der Waals surface area contributed by atoms with Gasteiger partial charge in [0.15, 0.2) is 0 Å². The second-order valence-electron chi connectivity index (χ2n) is 6.45. The number of fused-ring (bicyclic) bond motifs is 1. The van der Waals surface area contributed by atoms with Gasteiger partial charge in [-0.15, -0.1) is 0 Å². The molecular formula is C20H27NaO3S. The first-order chi connectivity index (χ1) is 11.5. The third kappa shape index (κ3) is 6.37. The van der Waals surface area contributed by atoms with Gasteiger partial charge in [0.2, 0.25) is 0 Å². The van der Waals surface area contributed by atoms with E-state index >= 15 is 0 Å². The minimum atomic E-state index is -4.41. The molecule has 5 heteroatoms. The average Bonchev–Trinajstić information content (AvgIpc) is 2.55. The van der Waals surface area contributed by atoms with E-state index in [1.165, 1.54) is 55.4 Å². The smallest absolute Gasteiger partial charge is 0.744 e. The van der Waals surface area contributed by atoms with Crippen molar-refractivity contribution in [3.63, 3.8) is 0 Å². The van der Waals surface area contributed by atoms with Crippen molar-refractivity contribution in [2.45, 2.75) is 70.1 Å². The number of hydrogen-bond donors (Lipinski definition) is 0. The van der Waals surface area contributed by atoms with Gasteiger partial charge in [-0.25, -0.2) is 8.42 Å². The van der Waals surface area contributed by atoms with Crippen molar-refractivity contribution in [2.75, 3.05) is 0 Å². The first-order valence-corrected chi connectivity index (χ1v) is 10.4. The number of unbranched alkanes of at least 4 members (excludes halogenated alkanes) is 4. The Morgan fingerprint density at radius 3 is 2.12 bits per heavy atom. The van der Waals surface area contributed by atoms with Gasteiger partial charge >= 0.3 is 29.6 Å². The number of aryl methyl sites for hydroxylation is 2. The van der Waals surface area contributed by atoms with Crippen molar-refractivity contribution in [2.24, 2.45) is 0 Å². The largest absolute Gasteiger partial charge is 1.00 e. The molecule has 0 bridgehead atoms. The molecule has 0 atom stereocenters. The fraction of sp³-hybridized carbons (Fsp3) is 0.500. The Hall–Kier alpha value is -0.390. The molecule has 0 radical (unpaired) electrons. The summed E-state index contributed by atoms with van der Waals surface area (Å²) in [6, 6.07) is 8.83. The van der Waals surface area contributed by atoms with Crippen LogP contribution < -0.4 is 29.6 Å². The second kappa shape index (κ2) is 10.7. The molecular weight excluding hydrogens is 343 g/mol. The SMILES string of the molecule is CCCCCc1ccc2cc(S(=O)(=O)[O-])ccc2c1CCCCC.[Na+]. The molecule has 0 unspecified atom stereocenters. The summed E-state index contributed by atoms with van der Waals surface area (Å²) in [6.45, 7) is 4.39. The van der Waals surface area contributed by atoms with E-state index < -0.39 is 10.1 Å². The maximum absolute atomic E-state index is 11.3. The van der Waals surface area contributed by atoms with Gasteiger partial charge in [0, 0.05) is 0 Å². The zero-order valence-electron chi connectivity index (χ0n) is 15.7. The van der Waals surface area contributed by atoms with Crippen LogP contribution in [0.5, 0.6) is 0 Å². The third-order valence-corrected chi connectivity index (χ3v) is 5.40. The topological polar surface area (TPSA) is 57.2 Å². The molecule has 0 aliphatic carbocycles. The average molecular weight is 370 g/mol. The van der Waals surface area contributed by atoms with Crippen molar-refractivity contribution in [3.8, 4) is 0 Å². The van der Waals surface area contributed by atoms with Crippen LogP contribution in [0.2, 0.25) is 0 Å². The van der Waals surface area contributed by atoms with E-state index in [1.54, 1.807) is 0 Å². The fourth-order valence-electron chi connectivity index (χ4n) is 3.22. The van der Waals surface area contributed by atoms with Crippen molar-refractivity contribution >= 4 is 20.9 Å². The first kappa shape index (κ1) is 22.7. The summed E-state index contributed by atoms with van der Waals surface area (Å²) in [5, 5.41) is 1.94. The minimum absolute atomic E-state index is 0. The molecule has 0 saturated heterocycles. The van der Waals surface area contributed by atoms with E-state index in [9.17, 15) is 13.0 Å². The molecule has 25 heavy (non-hydrogen) atoms. The van der Waals surface area contributed by atoms with Gasteiger partial charge in [0.05, 0.1) is 4.90 Å². The minimum Gasteiger partial charge on any atom is -0.744 e. The van der Waals surface area contributed by atoms with E-state index in [2.05, 4.69) is 19.9 Å². The van der Waals surface area contributed by atoms with E-state index in [1.807, 2.05) is 12.1 Å². The van der Waals surface area contributed by atoms with Gasteiger partial charge in [0.25, 0.3) is 0 Å². The monoisotopic (exact) mass is 370 g/mol. The van der Waals surface area contributed by atoms with Crippen LogP contribution >= 0.6 is 0 Å². The first-order valence-electron chi connectivity index (χ1n) is 8.97. The predicted molar refractivity (Wildman–Crippen MR) is 98.4 cm³/mol. The van der Waals surface area contributed by atoms with Crippen LogP contribution in [0.1, 0.15) is 63.5 Å². The Morgan fingerprint density at radius 1 is 0.880 bits per heavy atom. The van der Waals surface area contributed by atoms with Crippen LogP contribution in [0, 0.1) is 0 Å². The predicted octanol–water partition coefficient (Wildman–Crippen LogP) is 2.21. The molecule has 0 amide bonds. The molecule has 132 valence electrons. The van der Waals surface area contributed by atoms with Crippen LogP contribution in [0.15, 0.2) is 35.2 Å². The summed E-state index contributed by atoms with van der Waals surface area (Å²) >= 11 is 0. The van der Waals surface area contributed by atoms with Gasteiger partial charge in [-0.3, -0.25) is 0 Å². The standard InChI is InChI=1S/C20H28O3S.Na/c1-3-5-7-9-16-11-12-17-15-18(24(21,22)23)13-14-20(17)19(16)10-8-6-4-2;/h11-15H,3-10H2,1-2H3,(H,21,22,23);/q;+1/p-1. The van der Waals surface area contributed by atoms with Crippen molar-refractivity contribution in [1.29, 1.82) is 0 Å². The summed E-state index contributed by atoms with van der Waals surface area (Å²) in [5.41, 5.74) is 2.69. The maximum Gasteiger partial charge on any atom is 1.00 e. The van der Waals surface area contributed by atoms with E-state index in [4.69, 9.17) is 0 Å². The summed E-state index contributed by atoms with van der Waals surface area (Å²) in [7, 11) is -4.41. The molecule has 0 aromatic heterocycles. The molecule has 0 aliphatic heterocycles.